The summed E-state index contributed by atoms with van der Waals surface area (Å²) in [6.45, 7) is 0.470. The summed E-state index contributed by atoms with van der Waals surface area (Å²) in [5.41, 5.74) is 1.84. The van der Waals surface area contributed by atoms with Gasteiger partial charge >= 0.3 is 0 Å². The molecule has 1 unspecified atom stereocenters. The van der Waals surface area contributed by atoms with Crippen LogP contribution in [0.15, 0.2) is 30.5 Å². The fraction of sp³-hybridized carbons (Fsp3) is 0.308. The number of hydrogen-bond acceptors (Lipinski definition) is 4. The molecule has 4 N–H and O–H groups in total. The van der Waals surface area contributed by atoms with Crippen molar-refractivity contribution in [2.75, 3.05) is 19.0 Å². The van der Waals surface area contributed by atoms with Crippen LogP contribution in [0, 0.1) is 4.77 Å². The fourth-order valence-corrected chi connectivity index (χ4v) is 1.94. The third kappa shape index (κ3) is 4.11. The molecule has 2 aromatic rings. The molecule has 0 spiro atoms. The second-order valence-corrected chi connectivity index (χ2v) is 4.64. The minimum absolute atomic E-state index is 0.470. The maximum atomic E-state index is 9.92. The normalized spacial score (nSPS) is 12.1. The molecule has 1 atom stereocenters. The molecular weight excluding hydrogens is 262 g/mol. The molecule has 0 radical (unpaired) electrons. The topological polar surface area (TPSA) is 73.1 Å². The first kappa shape index (κ1) is 13.6. The summed E-state index contributed by atoms with van der Waals surface area (Å²) in [7, 11) is 1.63. The number of H-pyrrole nitrogens is 2. The maximum Gasteiger partial charge on any atom is 0.174 e. The lowest BCUT2D eigenvalue weighted by Crippen LogP contribution is -2.22. The third-order valence-corrected chi connectivity index (χ3v) is 2.96. The molecule has 1 aromatic heterocycles. The summed E-state index contributed by atoms with van der Waals surface area (Å²) in [5.74, 6) is 0.811. The van der Waals surface area contributed by atoms with Gasteiger partial charge in [-0.3, -0.25) is 0 Å². The SMILES string of the molecule is COc1ccc(NCC(O)Cc2c[nH]c(=S)[nH]2)cc1. The van der Waals surface area contributed by atoms with Crippen LogP contribution in [0.1, 0.15) is 5.69 Å². The van der Waals surface area contributed by atoms with E-state index in [1.165, 1.54) is 0 Å². The molecule has 0 saturated carbocycles. The van der Waals surface area contributed by atoms with E-state index in [9.17, 15) is 5.11 Å². The van der Waals surface area contributed by atoms with Crippen LogP contribution >= 0.6 is 12.2 Å². The lowest BCUT2D eigenvalue weighted by molar-refractivity contribution is 0.187. The molecule has 2 rings (SSSR count). The number of aliphatic hydroxyl groups is 1. The monoisotopic (exact) mass is 279 g/mol. The largest absolute Gasteiger partial charge is 0.497 e. The van der Waals surface area contributed by atoms with E-state index in [-0.39, 0.29) is 0 Å². The molecule has 0 aliphatic heterocycles. The Morgan fingerprint density at radius 1 is 1.37 bits per heavy atom. The van der Waals surface area contributed by atoms with Crippen molar-refractivity contribution >= 4 is 17.9 Å². The van der Waals surface area contributed by atoms with Crippen LogP contribution in [-0.2, 0) is 6.42 Å². The smallest absolute Gasteiger partial charge is 0.174 e. The minimum atomic E-state index is -0.483. The number of ether oxygens (including phenoxy) is 1. The van der Waals surface area contributed by atoms with Crippen molar-refractivity contribution in [2.24, 2.45) is 0 Å². The molecule has 1 heterocycles. The van der Waals surface area contributed by atoms with Gasteiger partial charge in [0.15, 0.2) is 4.77 Å². The molecule has 0 amide bonds. The number of benzene rings is 1. The van der Waals surface area contributed by atoms with Crippen LogP contribution < -0.4 is 10.1 Å². The predicted octanol–water partition coefficient (Wildman–Crippen LogP) is 2.10. The molecule has 0 saturated heterocycles. The van der Waals surface area contributed by atoms with Crippen LogP contribution in [0.4, 0.5) is 5.69 Å². The van der Waals surface area contributed by atoms with E-state index >= 15 is 0 Å². The summed E-state index contributed by atoms with van der Waals surface area (Å²) >= 11 is 4.93. The Morgan fingerprint density at radius 2 is 2.11 bits per heavy atom. The Bertz CT molecular complexity index is 562. The first-order valence-corrected chi connectivity index (χ1v) is 6.41. The van der Waals surface area contributed by atoms with Crippen molar-refractivity contribution in [1.82, 2.24) is 9.97 Å². The fourth-order valence-electron chi connectivity index (χ4n) is 1.75. The molecule has 0 fully saturated rings. The molecule has 0 aliphatic carbocycles. The first-order chi connectivity index (χ1) is 9.17. The molecule has 102 valence electrons. The van der Waals surface area contributed by atoms with Crippen LogP contribution in [0.5, 0.6) is 5.75 Å². The van der Waals surface area contributed by atoms with E-state index in [4.69, 9.17) is 17.0 Å². The average Bonchev–Trinajstić information content (AvgIpc) is 2.82. The number of nitrogens with one attached hydrogen (secondary N) is 3. The van der Waals surface area contributed by atoms with Gasteiger partial charge in [-0.1, -0.05) is 0 Å². The number of aliphatic hydroxyl groups excluding tert-OH is 1. The second-order valence-electron chi connectivity index (χ2n) is 4.24. The maximum absolute atomic E-state index is 9.92. The number of methoxy groups -OCH3 is 1. The van der Waals surface area contributed by atoms with Crippen molar-refractivity contribution in [2.45, 2.75) is 12.5 Å². The van der Waals surface area contributed by atoms with Gasteiger partial charge in [-0.15, -0.1) is 0 Å². The zero-order valence-electron chi connectivity index (χ0n) is 10.6. The van der Waals surface area contributed by atoms with Gasteiger partial charge in [0.05, 0.1) is 13.2 Å². The predicted molar refractivity (Wildman–Crippen MR) is 77.2 cm³/mol. The van der Waals surface area contributed by atoms with Crippen molar-refractivity contribution in [3.05, 3.63) is 40.9 Å². The van der Waals surface area contributed by atoms with Crippen molar-refractivity contribution in [3.63, 3.8) is 0 Å². The molecule has 0 bridgehead atoms. The quantitative estimate of drug-likeness (QED) is 0.611. The Balaban J connectivity index is 1.82. The lowest BCUT2D eigenvalue weighted by Gasteiger charge is -2.12. The molecule has 1 aromatic carbocycles. The van der Waals surface area contributed by atoms with Gasteiger partial charge < -0.3 is 25.1 Å². The highest BCUT2D eigenvalue weighted by Gasteiger charge is 2.06. The molecule has 6 heteroatoms. The number of aromatic amines is 2. The lowest BCUT2D eigenvalue weighted by atomic mass is 10.2. The van der Waals surface area contributed by atoms with Crippen molar-refractivity contribution in [3.8, 4) is 5.75 Å². The molecule has 5 nitrogen and oxygen atoms in total. The highest BCUT2D eigenvalue weighted by atomic mass is 32.1. The highest BCUT2D eigenvalue weighted by Crippen LogP contribution is 2.15. The third-order valence-electron chi connectivity index (χ3n) is 2.74. The van der Waals surface area contributed by atoms with Crippen LogP contribution in [0.2, 0.25) is 0 Å². The van der Waals surface area contributed by atoms with E-state index < -0.39 is 6.10 Å². The number of hydrogen-bond donors (Lipinski definition) is 4. The van der Waals surface area contributed by atoms with Gasteiger partial charge in [0, 0.05) is 30.5 Å². The van der Waals surface area contributed by atoms with Gasteiger partial charge in [-0.05, 0) is 36.5 Å². The van der Waals surface area contributed by atoms with Crippen LogP contribution in [-0.4, -0.2) is 34.8 Å². The summed E-state index contributed by atoms with van der Waals surface area (Å²) < 4.78 is 5.66. The number of anilines is 1. The summed E-state index contributed by atoms with van der Waals surface area (Å²) in [6, 6.07) is 7.57. The molecule has 19 heavy (non-hydrogen) atoms. The summed E-state index contributed by atoms with van der Waals surface area (Å²) in [5, 5.41) is 13.1. The van der Waals surface area contributed by atoms with Crippen LogP contribution in [0.3, 0.4) is 0 Å². The minimum Gasteiger partial charge on any atom is -0.497 e. The van der Waals surface area contributed by atoms with Gasteiger partial charge in [-0.2, -0.15) is 0 Å². The number of aromatic nitrogens is 2. The number of rotatable bonds is 6. The molecular formula is C13H17N3O2S. The Kier molecular flexibility index (Phi) is 4.59. The number of imidazole rings is 1. The van der Waals surface area contributed by atoms with Gasteiger partial charge in [0.1, 0.15) is 5.75 Å². The van der Waals surface area contributed by atoms with Crippen molar-refractivity contribution in [1.29, 1.82) is 0 Å². The highest BCUT2D eigenvalue weighted by molar-refractivity contribution is 7.71. The summed E-state index contributed by atoms with van der Waals surface area (Å²) in [6.07, 6.45) is 1.82. The van der Waals surface area contributed by atoms with Gasteiger partial charge in [-0.25, -0.2) is 0 Å². The van der Waals surface area contributed by atoms with Crippen molar-refractivity contribution < 1.29 is 9.84 Å². The first-order valence-electron chi connectivity index (χ1n) is 6.00. The summed E-state index contributed by atoms with van der Waals surface area (Å²) in [4.78, 5) is 5.85. The van der Waals surface area contributed by atoms with E-state index in [0.29, 0.717) is 17.7 Å². The molecule has 0 aliphatic rings. The zero-order chi connectivity index (χ0) is 13.7. The zero-order valence-corrected chi connectivity index (χ0v) is 11.5. The van der Waals surface area contributed by atoms with Gasteiger partial charge in [0.2, 0.25) is 0 Å². The average molecular weight is 279 g/mol. The second kappa shape index (κ2) is 6.40. The van der Waals surface area contributed by atoms with E-state index in [2.05, 4.69) is 15.3 Å². The standard InChI is InChI=1S/C13H17N3O2S/c1-18-12-4-2-9(3-5-12)14-8-11(17)6-10-7-15-13(19)16-10/h2-5,7,11,14,17H,6,8H2,1H3,(H2,15,16,19). The Hall–Kier alpha value is -1.79. The van der Waals surface area contributed by atoms with E-state index in [1.54, 1.807) is 13.3 Å². The Morgan fingerprint density at radius 3 is 2.68 bits per heavy atom. The Labute approximate surface area is 116 Å². The van der Waals surface area contributed by atoms with E-state index in [0.717, 1.165) is 17.1 Å². The van der Waals surface area contributed by atoms with Crippen LogP contribution in [0.25, 0.3) is 0 Å². The van der Waals surface area contributed by atoms with Gasteiger partial charge in [0.25, 0.3) is 0 Å². The van der Waals surface area contributed by atoms with E-state index in [1.807, 2.05) is 24.3 Å².